The fourth-order valence-corrected chi connectivity index (χ4v) is 12.5. The maximum atomic E-state index is 15.8. The number of benzene rings is 12. The normalized spacial score (nSPS) is 11.4. The number of nitriles is 4. The molecular formula is C80H44F3N9. The highest BCUT2D eigenvalue weighted by Crippen LogP contribution is 2.46. The Kier molecular flexibility index (Phi) is 13.7. The summed E-state index contributed by atoms with van der Waals surface area (Å²) in [4.78, 5) is 15.3. The molecular weight excluding hydrogens is 1140 g/mol. The highest BCUT2D eigenvalue weighted by atomic mass is 19.4. The first kappa shape index (κ1) is 55.6. The van der Waals surface area contributed by atoms with Gasteiger partial charge in [-0.15, -0.1) is 0 Å². The molecule has 92 heavy (non-hydrogen) atoms. The quantitative estimate of drug-likeness (QED) is 0.133. The number of hydrogen-bond acceptors (Lipinski definition) is 7. The number of halogens is 3. The standard InChI is InChI=1S/C80H44F3N9/c81-80(82,83)64-28-34-75(91-71-30-24-59(55-19-7-11-49(35-55)45-84)39-66(71)67-40-60(25-31-72(67)91)56-20-8-12-50(36-56)46-85)70(44-64)65-29-23-63(79-89-77(53-15-3-1-4-16-53)88-78(90-79)54-17-5-2-6-18-54)43-76(65)92-73-32-26-61(57-21-9-13-51(37-57)47-86)41-68(73)69-42-62(27-33-74(69)92)58-22-10-14-52(38-58)48-87/h1-44H. The summed E-state index contributed by atoms with van der Waals surface area (Å²) in [5, 5.41) is 43.2. The summed E-state index contributed by atoms with van der Waals surface area (Å²) in [6, 6.07) is 91.5. The molecule has 0 spiro atoms. The van der Waals surface area contributed by atoms with Crippen LogP contribution in [0, 0.1) is 45.3 Å². The summed E-state index contributed by atoms with van der Waals surface area (Å²) >= 11 is 0. The fraction of sp³-hybridized carbons (Fsp3) is 0.0125. The van der Waals surface area contributed by atoms with Crippen molar-refractivity contribution in [2.24, 2.45) is 0 Å². The van der Waals surface area contributed by atoms with E-state index >= 15 is 13.2 Å². The van der Waals surface area contributed by atoms with Gasteiger partial charge in [0, 0.05) is 49.4 Å². The molecule has 0 saturated heterocycles. The number of rotatable bonds is 10. The van der Waals surface area contributed by atoms with Gasteiger partial charge in [-0.2, -0.15) is 34.2 Å². The molecule has 0 atom stereocenters. The highest BCUT2D eigenvalue weighted by Gasteiger charge is 2.33. The lowest BCUT2D eigenvalue weighted by atomic mass is 9.96. The lowest BCUT2D eigenvalue weighted by molar-refractivity contribution is -0.137. The molecule has 430 valence electrons. The summed E-state index contributed by atoms with van der Waals surface area (Å²) in [5.74, 6) is 1.17. The van der Waals surface area contributed by atoms with Crippen LogP contribution in [0.1, 0.15) is 27.8 Å². The van der Waals surface area contributed by atoms with Crippen LogP contribution in [0.25, 0.3) is 145 Å². The van der Waals surface area contributed by atoms with E-state index in [0.29, 0.717) is 73.3 Å². The minimum Gasteiger partial charge on any atom is -0.309 e. The van der Waals surface area contributed by atoms with Crippen LogP contribution in [-0.4, -0.2) is 24.1 Å². The molecule has 0 N–H and O–H groups in total. The molecule has 0 aliphatic carbocycles. The number of nitrogens with zero attached hydrogens (tertiary/aromatic N) is 9. The van der Waals surface area contributed by atoms with Gasteiger partial charge in [0.2, 0.25) is 0 Å². The first-order valence-electron chi connectivity index (χ1n) is 29.4. The number of hydrogen-bond donors (Lipinski definition) is 0. The zero-order valence-electron chi connectivity index (χ0n) is 48.6. The summed E-state index contributed by atoms with van der Waals surface area (Å²) in [7, 11) is 0. The summed E-state index contributed by atoms with van der Waals surface area (Å²) in [6.07, 6.45) is -4.77. The van der Waals surface area contributed by atoms with E-state index in [2.05, 4.69) is 53.1 Å². The fourth-order valence-electron chi connectivity index (χ4n) is 12.5. The van der Waals surface area contributed by atoms with Crippen LogP contribution in [-0.2, 0) is 6.18 Å². The molecule has 0 bridgehead atoms. The molecule has 3 aromatic heterocycles. The van der Waals surface area contributed by atoms with Crippen LogP contribution in [0.3, 0.4) is 0 Å². The smallest absolute Gasteiger partial charge is 0.309 e. The van der Waals surface area contributed by atoms with Gasteiger partial charge in [-0.25, -0.2) is 15.0 Å². The second kappa shape index (κ2) is 22.6. The van der Waals surface area contributed by atoms with Crippen molar-refractivity contribution >= 4 is 43.6 Å². The van der Waals surface area contributed by atoms with Crippen molar-refractivity contribution in [2.75, 3.05) is 0 Å². The Labute approximate surface area is 525 Å². The van der Waals surface area contributed by atoms with Crippen LogP contribution >= 0.6 is 0 Å². The lowest BCUT2D eigenvalue weighted by Gasteiger charge is -2.21. The second-order valence-electron chi connectivity index (χ2n) is 22.4. The van der Waals surface area contributed by atoms with E-state index in [-0.39, 0.29) is 5.56 Å². The third-order valence-corrected chi connectivity index (χ3v) is 16.9. The first-order chi connectivity index (χ1) is 45.0. The van der Waals surface area contributed by atoms with Gasteiger partial charge in [-0.05, 0) is 166 Å². The number of alkyl halides is 3. The Bertz CT molecular complexity index is 5410. The largest absolute Gasteiger partial charge is 0.416 e. The molecule has 9 nitrogen and oxygen atoms in total. The molecule has 15 aromatic rings. The Balaban J connectivity index is 1.05. The topological polar surface area (TPSA) is 144 Å². The molecule has 0 fully saturated rings. The lowest BCUT2D eigenvalue weighted by Crippen LogP contribution is -2.08. The maximum Gasteiger partial charge on any atom is 0.416 e. The van der Waals surface area contributed by atoms with Crippen molar-refractivity contribution in [3.63, 3.8) is 0 Å². The van der Waals surface area contributed by atoms with Gasteiger partial charge in [-0.1, -0.05) is 146 Å². The van der Waals surface area contributed by atoms with E-state index in [4.69, 9.17) is 15.0 Å². The third kappa shape index (κ3) is 9.99. The summed E-state index contributed by atoms with van der Waals surface area (Å²) < 4.78 is 51.4. The van der Waals surface area contributed by atoms with E-state index in [0.717, 1.165) is 94.3 Å². The zero-order valence-corrected chi connectivity index (χ0v) is 48.6. The van der Waals surface area contributed by atoms with Crippen LogP contribution < -0.4 is 0 Å². The molecule has 0 radical (unpaired) electrons. The van der Waals surface area contributed by atoms with E-state index in [1.165, 1.54) is 6.07 Å². The van der Waals surface area contributed by atoms with E-state index in [1.54, 1.807) is 30.3 Å². The molecule has 3 heterocycles. The molecule has 15 rings (SSSR count). The van der Waals surface area contributed by atoms with E-state index < -0.39 is 11.7 Å². The van der Waals surface area contributed by atoms with Gasteiger partial charge >= 0.3 is 6.18 Å². The van der Waals surface area contributed by atoms with E-state index in [9.17, 15) is 21.0 Å². The molecule has 0 unspecified atom stereocenters. The van der Waals surface area contributed by atoms with Crippen molar-refractivity contribution in [1.29, 1.82) is 21.0 Å². The SMILES string of the molecule is N#Cc1cccc(-c2ccc3c(c2)c2cc(-c4cccc(C#N)c4)ccc2n3-c2ccc(C(F)(F)F)cc2-c2ccc(-c3nc(-c4ccccc4)nc(-c4ccccc4)n3)cc2-n2c3ccc(-c4cccc(C#N)c4)cc3c3cc(-c4cccc(C#N)c4)ccc32)c1. The van der Waals surface area contributed by atoms with Crippen molar-refractivity contribution < 1.29 is 13.2 Å². The maximum absolute atomic E-state index is 15.8. The predicted molar refractivity (Wildman–Crippen MR) is 356 cm³/mol. The molecule has 12 aromatic carbocycles. The van der Waals surface area contributed by atoms with Crippen molar-refractivity contribution in [1.82, 2.24) is 24.1 Å². The molecule has 0 saturated carbocycles. The number of aromatic nitrogens is 5. The van der Waals surface area contributed by atoms with Gasteiger partial charge in [-0.3, -0.25) is 0 Å². The Morgan fingerprint density at radius 2 is 0.598 bits per heavy atom. The molecule has 0 aliphatic rings. The third-order valence-electron chi connectivity index (χ3n) is 16.9. The predicted octanol–water partition coefficient (Wildman–Crippen LogP) is 19.9. The second-order valence-corrected chi connectivity index (χ2v) is 22.4. The van der Waals surface area contributed by atoms with Crippen molar-refractivity contribution in [3.8, 4) is 125 Å². The van der Waals surface area contributed by atoms with Gasteiger partial charge in [0.15, 0.2) is 17.5 Å². The Hall–Kier alpha value is -13.0. The van der Waals surface area contributed by atoms with Crippen LogP contribution in [0.4, 0.5) is 13.2 Å². The van der Waals surface area contributed by atoms with Crippen molar-refractivity contribution in [2.45, 2.75) is 6.18 Å². The monoisotopic (exact) mass is 1190 g/mol. The zero-order chi connectivity index (χ0) is 62.6. The van der Waals surface area contributed by atoms with Gasteiger partial charge in [0.05, 0.1) is 85.5 Å². The first-order valence-corrected chi connectivity index (χ1v) is 29.4. The molecule has 0 amide bonds. The van der Waals surface area contributed by atoms with Crippen molar-refractivity contribution in [3.05, 3.63) is 295 Å². The summed E-state index contributed by atoms with van der Waals surface area (Å²) in [6.45, 7) is 0. The minimum atomic E-state index is -4.77. The molecule has 0 aliphatic heterocycles. The average molecular weight is 1190 g/mol. The Morgan fingerprint density at radius 3 is 0.957 bits per heavy atom. The van der Waals surface area contributed by atoms with E-state index in [1.807, 2.05) is 205 Å². The van der Waals surface area contributed by atoms with Gasteiger partial charge in [0.1, 0.15) is 0 Å². The molecule has 12 heteroatoms. The Morgan fingerprint density at radius 1 is 0.272 bits per heavy atom. The van der Waals surface area contributed by atoms with Crippen LogP contribution in [0.15, 0.2) is 267 Å². The van der Waals surface area contributed by atoms with Gasteiger partial charge < -0.3 is 9.13 Å². The minimum absolute atomic E-state index is 0.257. The summed E-state index contributed by atoms with van der Waals surface area (Å²) in [5.41, 5.74) is 14.2. The highest BCUT2D eigenvalue weighted by molar-refractivity contribution is 6.14. The van der Waals surface area contributed by atoms with Crippen LogP contribution in [0.5, 0.6) is 0 Å². The average Bonchev–Trinajstić information content (AvgIpc) is 1.53. The van der Waals surface area contributed by atoms with Crippen LogP contribution in [0.2, 0.25) is 0 Å². The van der Waals surface area contributed by atoms with Gasteiger partial charge in [0.25, 0.3) is 0 Å². The number of fused-ring (bicyclic) bond motifs is 6.